The van der Waals surface area contributed by atoms with E-state index >= 15 is 0 Å². The van der Waals surface area contributed by atoms with Gasteiger partial charge in [-0.15, -0.1) is 6.58 Å². The molecular weight excluding hydrogens is 501 g/mol. The Morgan fingerprint density at radius 2 is 1.70 bits per heavy atom. The maximum atomic E-state index is 4.42. The van der Waals surface area contributed by atoms with E-state index in [1.165, 1.54) is 35.1 Å². The molecule has 0 spiro atoms. The molecule has 40 heavy (non-hydrogen) atoms. The highest BCUT2D eigenvalue weighted by molar-refractivity contribution is 6.84. The molecular formula is C37H60N2Si. The van der Waals surface area contributed by atoms with Crippen molar-refractivity contribution < 1.29 is 0 Å². The minimum atomic E-state index is -1.44. The Kier molecular flexibility index (Phi) is 12.8. The summed E-state index contributed by atoms with van der Waals surface area (Å²) >= 11 is 0. The lowest BCUT2D eigenvalue weighted by molar-refractivity contribution is 0.177. The molecule has 1 heterocycles. The maximum absolute atomic E-state index is 4.42. The molecule has 1 aromatic carbocycles. The van der Waals surface area contributed by atoms with Crippen molar-refractivity contribution in [1.82, 2.24) is 10.2 Å². The predicted octanol–water partition coefficient (Wildman–Crippen LogP) is 10.3. The summed E-state index contributed by atoms with van der Waals surface area (Å²) in [5, 5.41) is 5.37. The molecule has 2 rings (SSSR count). The molecule has 0 aromatic heterocycles. The number of allylic oxidation sites excluding steroid dienone is 4. The third kappa shape index (κ3) is 8.87. The molecule has 3 heteroatoms. The minimum absolute atomic E-state index is 0.198. The number of nitrogens with zero attached hydrogens (tertiary/aromatic N) is 1. The lowest BCUT2D eigenvalue weighted by Crippen LogP contribution is -2.42. The van der Waals surface area contributed by atoms with Crippen LogP contribution in [0.1, 0.15) is 85.4 Å². The fourth-order valence-corrected chi connectivity index (χ4v) is 7.59. The van der Waals surface area contributed by atoms with Gasteiger partial charge in [-0.1, -0.05) is 123 Å². The van der Waals surface area contributed by atoms with Crippen LogP contribution in [0.15, 0.2) is 84.4 Å². The summed E-state index contributed by atoms with van der Waals surface area (Å²) < 4.78 is 0. The molecule has 0 bridgehead atoms. The Hall–Kier alpha value is -2.26. The summed E-state index contributed by atoms with van der Waals surface area (Å²) in [7, 11) is -1.44. The number of nitrogens with one attached hydrogen (secondary N) is 1. The van der Waals surface area contributed by atoms with Crippen molar-refractivity contribution in [1.29, 1.82) is 0 Å². The molecule has 0 radical (unpaired) electrons. The van der Waals surface area contributed by atoms with Gasteiger partial charge >= 0.3 is 0 Å². The van der Waals surface area contributed by atoms with Crippen molar-refractivity contribution in [2.75, 3.05) is 0 Å². The third-order valence-electron chi connectivity index (χ3n) is 8.95. The van der Waals surface area contributed by atoms with Gasteiger partial charge in [-0.25, -0.2) is 0 Å². The summed E-state index contributed by atoms with van der Waals surface area (Å²) in [5.41, 5.74) is 5.55. The molecule has 5 atom stereocenters. The smallest absolute Gasteiger partial charge is 0.0798 e. The van der Waals surface area contributed by atoms with E-state index in [4.69, 9.17) is 0 Å². The molecule has 1 aromatic rings. The van der Waals surface area contributed by atoms with E-state index in [0.29, 0.717) is 29.7 Å². The van der Waals surface area contributed by atoms with Crippen molar-refractivity contribution in [3.63, 3.8) is 0 Å². The minimum Gasteiger partial charge on any atom is -0.381 e. The summed E-state index contributed by atoms with van der Waals surface area (Å²) in [6.45, 7) is 34.5. The van der Waals surface area contributed by atoms with E-state index < -0.39 is 8.07 Å². The molecule has 1 aliphatic rings. The Bertz CT molecular complexity index is 1070. The van der Waals surface area contributed by atoms with Gasteiger partial charge in [0, 0.05) is 18.3 Å². The first-order chi connectivity index (χ1) is 18.7. The molecule has 0 amide bonds. The molecule has 1 N–H and O–H groups in total. The van der Waals surface area contributed by atoms with Crippen molar-refractivity contribution in [2.24, 2.45) is 23.7 Å². The van der Waals surface area contributed by atoms with Gasteiger partial charge in [0.15, 0.2) is 0 Å². The van der Waals surface area contributed by atoms with Crippen LogP contribution in [0, 0.1) is 23.7 Å². The van der Waals surface area contributed by atoms with Crippen LogP contribution in [-0.4, -0.2) is 25.1 Å². The summed E-state index contributed by atoms with van der Waals surface area (Å²) in [4.78, 5) is 2.55. The molecule has 0 aliphatic carbocycles. The summed E-state index contributed by atoms with van der Waals surface area (Å²) in [6, 6.07) is 9.89. The molecule has 1 aliphatic heterocycles. The van der Waals surface area contributed by atoms with Gasteiger partial charge in [-0.05, 0) is 77.6 Å². The predicted molar refractivity (Wildman–Crippen MR) is 182 cm³/mol. The Morgan fingerprint density at radius 1 is 1.05 bits per heavy atom. The van der Waals surface area contributed by atoms with Crippen molar-refractivity contribution in [2.45, 2.75) is 112 Å². The summed E-state index contributed by atoms with van der Waals surface area (Å²) in [5.74, 6) is 2.09. The highest BCUT2D eigenvalue weighted by Crippen LogP contribution is 2.35. The van der Waals surface area contributed by atoms with Crippen LogP contribution in [0.4, 0.5) is 0 Å². The first-order valence-corrected chi connectivity index (χ1v) is 19.3. The van der Waals surface area contributed by atoms with Gasteiger partial charge in [0.25, 0.3) is 0 Å². The highest BCUT2D eigenvalue weighted by atomic mass is 28.3. The van der Waals surface area contributed by atoms with Gasteiger partial charge in [0.1, 0.15) is 0 Å². The van der Waals surface area contributed by atoms with Crippen LogP contribution >= 0.6 is 0 Å². The van der Waals surface area contributed by atoms with E-state index in [2.05, 4.69) is 153 Å². The zero-order valence-electron chi connectivity index (χ0n) is 27.7. The number of benzene rings is 1. The molecule has 0 saturated heterocycles. The maximum Gasteiger partial charge on any atom is 0.0798 e. The standard InChI is InChI=1S/C37H60N2Si/c1-14-18-29(8)36(39(30(9)15-2)22-21-28(7)31(10)26(3)4)23-32-19-16-17-20-33(32)35-24-34(27(5)6)37(25-38-35)40(11,12)13/h15-17,19-22,24-27,29-31,35-36,38H,2,7,14,18,23H2,1,3-6,8-13H3/b22-21-. The Morgan fingerprint density at radius 3 is 2.25 bits per heavy atom. The average molecular weight is 561 g/mol. The second-order valence-corrected chi connectivity index (χ2v) is 18.9. The normalized spacial score (nSPS) is 19.1. The van der Waals surface area contributed by atoms with Gasteiger partial charge in [0.05, 0.1) is 14.1 Å². The van der Waals surface area contributed by atoms with E-state index in [1.54, 1.807) is 5.20 Å². The van der Waals surface area contributed by atoms with E-state index in [0.717, 1.165) is 6.42 Å². The highest BCUT2D eigenvalue weighted by Gasteiger charge is 2.30. The van der Waals surface area contributed by atoms with Gasteiger partial charge in [-0.3, -0.25) is 0 Å². The van der Waals surface area contributed by atoms with E-state index in [1.807, 2.05) is 0 Å². The van der Waals surface area contributed by atoms with Crippen LogP contribution in [0.2, 0.25) is 19.6 Å². The number of hydrogen-bond donors (Lipinski definition) is 1. The molecule has 2 nitrogen and oxygen atoms in total. The largest absolute Gasteiger partial charge is 0.381 e. The fourth-order valence-electron chi connectivity index (χ4n) is 5.84. The van der Waals surface area contributed by atoms with Gasteiger partial charge in [0.2, 0.25) is 0 Å². The van der Waals surface area contributed by atoms with Crippen molar-refractivity contribution in [3.05, 3.63) is 95.5 Å². The third-order valence-corrected chi connectivity index (χ3v) is 11.0. The second kappa shape index (κ2) is 15.1. The zero-order valence-corrected chi connectivity index (χ0v) is 28.7. The average Bonchev–Trinajstić information content (AvgIpc) is 2.90. The fraction of sp³-hybridized carbons (Fsp3) is 0.568. The molecule has 5 unspecified atom stereocenters. The van der Waals surface area contributed by atoms with E-state index in [-0.39, 0.29) is 12.1 Å². The number of rotatable bonds is 15. The van der Waals surface area contributed by atoms with Crippen LogP contribution < -0.4 is 5.32 Å². The van der Waals surface area contributed by atoms with Gasteiger partial charge < -0.3 is 10.2 Å². The first kappa shape index (κ1) is 33.9. The first-order valence-electron chi connectivity index (χ1n) is 15.8. The van der Waals surface area contributed by atoms with Crippen LogP contribution in [0.25, 0.3) is 0 Å². The molecule has 0 saturated carbocycles. The van der Waals surface area contributed by atoms with Crippen molar-refractivity contribution >= 4 is 8.07 Å². The van der Waals surface area contributed by atoms with E-state index in [9.17, 15) is 0 Å². The van der Waals surface area contributed by atoms with Crippen LogP contribution in [-0.2, 0) is 6.42 Å². The molecule has 0 fully saturated rings. The monoisotopic (exact) mass is 560 g/mol. The quantitative estimate of drug-likeness (QED) is 0.130. The van der Waals surface area contributed by atoms with Crippen molar-refractivity contribution in [3.8, 4) is 0 Å². The lowest BCUT2D eigenvalue weighted by atomic mass is 9.85. The summed E-state index contributed by atoms with van der Waals surface area (Å²) in [6.07, 6.45) is 14.9. The van der Waals surface area contributed by atoms with Gasteiger partial charge in [-0.2, -0.15) is 0 Å². The van der Waals surface area contributed by atoms with Crippen LogP contribution in [0.3, 0.4) is 0 Å². The lowest BCUT2D eigenvalue weighted by Gasteiger charge is -2.39. The number of hydrogen-bond acceptors (Lipinski definition) is 2. The SMILES string of the molecule is C=CC(C)N(/C=C\C(=C)C(C)C(C)C)C(Cc1ccccc1C1C=C(C(C)C)C([Si](C)(C)C)=CN1)C(C)CCC. The number of dihydropyridines is 1. The zero-order chi connectivity index (χ0) is 30.2. The Labute approximate surface area is 249 Å². The second-order valence-electron chi connectivity index (χ2n) is 13.8. The Balaban J connectivity index is 2.52. The van der Waals surface area contributed by atoms with Crippen LogP contribution in [0.5, 0.6) is 0 Å². The molecule has 222 valence electrons. The topological polar surface area (TPSA) is 15.3 Å².